The number of amidine groups is 1. The number of aliphatic imine (C=N–C) groups is 1. The third-order valence-corrected chi connectivity index (χ3v) is 7.35. The number of hydrogen-bond acceptors (Lipinski definition) is 5. The van der Waals surface area contributed by atoms with Gasteiger partial charge in [0.05, 0.1) is 11.4 Å². The van der Waals surface area contributed by atoms with Crippen LogP contribution in [0, 0.1) is 6.92 Å². The maximum absolute atomic E-state index is 13.4. The van der Waals surface area contributed by atoms with Crippen LogP contribution in [0.1, 0.15) is 32.3 Å². The van der Waals surface area contributed by atoms with Crippen LogP contribution in [-0.2, 0) is 4.79 Å². The third-order valence-electron chi connectivity index (χ3n) is 4.98. The van der Waals surface area contributed by atoms with Crippen molar-refractivity contribution in [3.05, 3.63) is 64.0 Å². The number of para-hydroxylation sites is 1. The summed E-state index contributed by atoms with van der Waals surface area (Å²) in [4.78, 5) is 24.3. The predicted molar refractivity (Wildman–Crippen MR) is 125 cm³/mol. The van der Waals surface area contributed by atoms with Crippen molar-refractivity contribution in [1.82, 2.24) is 4.90 Å². The molecule has 4 rings (SSSR count). The summed E-state index contributed by atoms with van der Waals surface area (Å²) in [7, 11) is 0. The molecule has 1 amide bonds. The normalized spacial score (nSPS) is 20.1. The van der Waals surface area contributed by atoms with E-state index in [2.05, 4.69) is 62.1 Å². The average Bonchev–Trinajstić information content (AvgIpc) is 3.25. The molecule has 2 heterocycles. The van der Waals surface area contributed by atoms with E-state index < -0.39 is 0 Å². The van der Waals surface area contributed by atoms with Gasteiger partial charge in [-0.2, -0.15) is 0 Å². The van der Waals surface area contributed by atoms with E-state index in [0.29, 0.717) is 6.54 Å². The van der Waals surface area contributed by atoms with Crippen LogP contribution in [0.5, 0.6) is 0 Å². The Hall–Kier alpha value is -2.18. The summed E-state index contributed by atoms with van der Waals surface area (Å²) in [6.45, 7) is 7.87. The number of carbonyl (C=O) groups is 1. The molecule has 0 N–H and O–H groups in total. The second kappa shape index (κ2) is 8.67. The number of thioether (sulfide) groups is 2. The first kappa shape index (κ1) is 20.1. The highest BCUT2D eigenvalue weighted by Gasteiger charge is 2.39. The summed E-state index contributed by atoms with van der Waals surface area (Å²) in [6.07, 6.45) is 2.01. The fourth-order valence-electron chi connectivity index (χ4n) is 3.38. The number of aryl methyl sites for hydroxylation is 1. The molecule has 150 valence electrons. The number of carbonyl (C=O) groups excluding carboxylic acids is 1. The van der Waals surface area contributed by atoms with E-state index in [1.807, 2.05) is 17.0 Å². The zero-order valence-corrected chi connectivity index (χ0v) is 18.6. The minimum atomic E-state index is 0.0723. The Morgan fingerprint density at radius 1 is 0.966 bits per heavy atom. The maximum atomic E-state index is 13.4. The first-order valence-electron chi connectivity index (χ1n) is 10.1. The highest BCUT2D eigenvalue weighted by atomic mass is 32.2. The second-order valence-electron chi connectivity index (χ2n) is 7.09. The van der Waals surface area contributed by atoms with Gasteiger partial charge in [0.2, 0.25) is 0 Å². The predicted octanol–water partition coefficient (Wildman–Crippen LogP) is 6.16. The molecule has 2 aliphatic heterocycles. The van der Waals surface area contributed by atoms with Gasteiger partial charge in [0, 0.05) is 18.0 Å². The summed E-state index contributed by atoms with van der Waals surface area (Å²) >= 11 is 3.20. The van der Waals surface area contributed by atoms with Crippen molar-refractivity contribution in [3.8, 4) is 0 Å². The minimum Gasteiger partial charge on any atom is -0.334 e. The van der Waals surface area contributed by atoms with Crippen molar-refractivity contribution in [2.24, 2.45) is 4.99 Å². The molecule has 4 nitrogen and oxygen atoms in total. The van der Waals surface area contributed by atoms with Crippen molar-refractivity contribution in [1.29, 1.82) is 0 Å². The number of amides is 1. The Morgan fingerprint density at radius 3 is 2.45 bits per heavy atom. The van der Waals surface area contributed by atoms with Crippen molar-refractivity contribution in [2.75, 3.05) is 18.0 Å². The molecule has 0 spiro atoms. The van der Waals surface area contributed by atoms with Crippen LogP contribution in [0.2, 0.25) is 0 Å². The summed E-state index contributed by atoms with van der Waals surface area (Å²) in [5.41, 5.74) is 3.27. The largest absolute Gasteiger partial charge is 0.334 e. The Balaban J connectivity index is 1.73. The molecule has 0 unspecified atom stereocenters. The molecule has 0 bridgehead atoms. The molecule has 0 aromatic heterocycles. The molecule has 2 aromatic carbocycles. The van der Waals surface area contributed by atoms with Crippen LogP contribution >= 0.6 is 23.5 Å². The summed E-state index contributed by atoms with van der Waals surface area (Å²) in [6, 6.07) is 16.5. The zero-order chi connectivity index (χ0) is 20.4. The van der Waals surface area contributed by atoms with Gasteiger partial charge in [-0.25, -0.2) is 4.99 Å². The highest BCUT2D eigenvalue weighted by molar-refractivity contribution is 8.19. The van der Waals surface area contributed by atoms with Gasteiger partial charge in [-0.3, -0.25) is 9.69 Å². The fourth-order valence-corrected chi connectivity index (χ4v) is 5.80. The zero-order valence-electron chi connectivity index (χ0n) is 17.0. The van der Waals surface area contributed by atoms with Gasteiger partial charge < -0.3 is 4.90 Å². The first-order chi connectivity index (χ1) is 14.1. The number of anilines is 1. The molecular formula is C23H25N3OS2. The molecular weight excluding hydrogens is 398 g/mol. The smallest absolute Gasteiger partial charge is 0.269 e. The van der Waals surface area contributed by atoms with Crippen LogP contribution in [-0.4, -0.2) is 29.1 Å². The lowest BCUT2D eigenvalue weighted by Crippen LogP contribution is -2.30. The van der Waals surface area contributed by atoms with Crippen molar-refractivity contribution in [3.63, 3.8) is 0 Å². The third kappa shape index (κ3) is 3.96. The van der Waals surface area contributed by atoms with Gasteiger partial charge in [-0.1, -0.05) is 54.9 Å². The monoisotopic (exact) mass is 423 g/mol. The van der Waals surface area contributed by atoms with Crippen molar-refractivity contribution < 1.29 is 4.79 Å². The molecule has 6 heteroatoms. The van der Waals surface area contributed by atoms with Gasteiger partial charge in [0.1, 0.15) is 9.93 Å². The van der Waals surface area contributed by atoms with Crippen LogP contribution in [0.25, 0.3) is 0 Å². The van der Waals surface area contributed by atoms with E-state index in [9.17, 15) is 4.79 Å². The second-order valence-corrected chi connectivity index (χ2v) is 9.10. The van der Waals surface area contributed by atoms with E-state index >= 15 is 0 Å². The van der Waals surface area contributed by atoms with Crippen molar-refractivity contribution in [2.45, 2.75) is 38.5 Å². The number of nitrogens with zero attached hydrogens (tertiary/aromatic N) is 3. The van der Waals surface area contributed by atoms with E-state index in [1.165, 1.54) is 27.9 Å². The Morgan fingerprint density at radius 2 is 1.72 bits per heavy atom. The molecule has 2 aromatic rings. The summed E-state index contributed by atoms with van der Waals surface area (Å²) < 4.78 is 0. The lowest BCUT2D eigenvalue weighted by atomic mass is 10.2. The van der Waals surface area contributed by atoms with Gasteiger partial charge in [-0.15, -0.1) is 0 Å². The summed E-state index contributed by atoms with van der Waals surface area (Å²) in [5, 5.41) is 1.81. The lowest BCUT2D eigenvalue weighted by molar-refractivity contribution is -0.122. The quantitative estimate of drug-likeness (QED) is 0.540. The highest BCUT2D eigenvalue weighted by Crippen LogP contribution is 2.50. The number of hydrogen-bond donors (Lipinski definition) is 0. The molecule has 0 saturated carbocycles. The number of rotatable bonds is 5. The van der Waals surface area contributed by atoms with Gasteiger partial charge in [0.25, 0.3) is 5.91 Å². The number of benzene rings is 2. The molecule has 1 saturated heterocycles. The Bertz CT molecular complexity index is 982. The molecule has 0 atom stereocenters. The van der Waals surface area contributed by atoms with Crippen LogP contribution < -0.4 is 4.90 Å². The summed E-state index contributed by atoms with van der Waals surface area (Å²) in [5.74, 6) is 0.0723. The molecule has 2 aliphatic rings. The molecule has 0 aliphatic carbocycles. The van der Waals surface area contributed by atoms with E-state index in [-0.39, 0.29) is 5.91 Å². The van der Waals surface area contributed by atoms with Gasteiger partial charge in [0.15, 0.2) is 5.17 Å². The minimum absolute atomic E-state index is 0.0723. The molecule has 1 fully saturated rings. The number of fused-ring (bicyclic) bond motifs is 1. The van der Waals surface area contributed by atoms with Crippen LogP contribution in [0.15, 0.2) is 68.4 Å². The van der Waals surface area contributed by atoms with E-state index in [4.69, 9.17) is 4.99 Å². The first-order valence-corrected chi connectivity index (χ1v) is 11.7. The van der Waals surface area contributed by atoms with Gasteiger partial charge in [-0.05, 0) is 56.3 Å². The average molecular weight is 424 g/mol. The Kier molecular flexibility index (Phi) is 6.01. The SMILES string of the molecule is CCCCN1C(=O)C(=C2Sc3ccccc3N2CC)SC1=Nc1ccc(C)cc1. The molecule has 29 heavy (non-hydrogen) atoms. The van der Waals surface area contributed by atoms with Crippen LogP contribution in [0.3, 0.4) is 0 Å². The Labute approximate surface area is 181 Å². The van der Waals surface area contributed by atoms with Crippen molar-refractivity contribution >= 4 is 46.0 Å². The lowest BCUT2D eigenvalue weighted by Gasteiger charge is -2.19. The fraction of sp³-hybridized carbons (Fsp3) is 0.304. The van der Waals surface area contributed by atoms with E-state index in [0.717, 1.165) is 40.2 Å². The van der Waals surface area contributed by atoms with E-state index in [1.54, 1.807) is 11.8 Å². The number of unbranched alkanes of at least 4 members (excludes halogenated alkanes) is 1. The van der Waals surface area contributed by atoms with Gasteiger partial charge >= 0.3 is 0 Å². The maximum Gasteiger partial charge on any atom is 0.269 e. The molecule has 0 radical (unpaired) electrons. The topological polar surface area (TPSA) is 35.9 Å². The van der Waals surface area contributed by atoms with Crippen LogP contribution in [0.4, 0.5) is 11.4 Å². The standard InChI is InChI=1S/C23H25N3OS2/c1-4-6-15-26-21(27)20(29-23(26)24-17-13-11-16(3)12-14-17)22-25(5-2)18-9-7-8-10-19(18)28-22/h7-14H,4-6,15H2,1-3H3.